The van der Waals surface area contributed by atoms with E-state index < -0.39 is 5.97 Å². The number of nitrogens with zero attached hydrogens (tertiary/aromatic N) is 1. The monoisotopic (exact) mass is 251 g/mol. The number of ether oxygens (including phenoxy) is 2. The minimum Gasteiger partial charge on any atom is -0.492 e. The zero-order valence-electron chi connectivity index (χ0n) is 9.67. The normalized spacial score (nSPS) is 14.4. The lowest BCUT2D eigenvalue weighted by Gasteiger charge is -2.13. The molecule has 1 saturated heterocycles. The van der Waals surface area contributed by atoms with Gasteiger partial charge in [-0.2, -0.15) is 0 Å². The number of cyclic esters (lactones) is 1. The fourth-order valence-corrected chi connectivity index (χ4v) is 1.62. The van der Waals surface area contributed by atoms with Crippen molar-refractivity contribution in [2.45, 2.75) is 0 Å². The first-order valence-corrected chi connectivity index (χ1v) is 5.54. The number of carboxylic acid groups (broad SMARTS) is 1. The fourth-order valence-electron chi connectivity index (χ4n) is 1.62. The Morgan fingerprint density at radius 1 is 1.50 bits per heavy atom. The Bertz CT molecular complexity index is 460. The van der Waals surface area contributed by atoms with Crippen LogP contribution in [-0.2, 0) is 4.74 Å². The van der Waals surface area contributed by atoms with Gasteiger partial charge in [-0.1, -0.05) is 6.07 Å². The van der Waals surface area contributed by atoms with Crippen molar-refractivity contribution in [3.05, 3.63) is 29.8 Å². The Kier molecular flexibility index (Phi) is 3.66. The van der Waals surface area contributed by atoms with Crippen LogP contribution < -0.4 is 4.74 Å². The summed E-state index contributed by atoms with van der Waals surface area (Å²) in [5.74, 6) is -0.522. The predicted octanol–water partition coefficient (Wildman–Crippen LogP) is 1.22. The standard InChI is InChI=1S/C12H13NO5/c14-11(15)9-2-1-3-10(8-9)17-6-4-13-5-7-18-12(13)16/h1-3,8H,4-7H2,(H,14,15). The van der Waals surface area contributed by atoms with Crippen molar-refractivity contribution in [2.24, 2.45) is 0 Å². The summed E-state index contributed by atoms with van der Waals surface area (Å²) in [6.45, 7) is 1.71. The van der Waals surface area contributed by atoms with E-state index in [1.54, 1.807) is 17.0 Å². The van der Waals surface area contributed by atoms with Crippen LogP contribution in [0.4, 0.5) is 4.79 Å². The number of hydrogen-bond acceptors (Lipinski definition) is 4. The molecule has 1 amide bonds. The number of benzene rings is 1. The minimum atomic E-state index is -0.997. The Morgan fingerprint density at radius 3 is 3.00 bits per heavy atom. The molecule has 1 fully saturated rings. The molecule has 0 unspecified atom stereocenters. The number of hydrogen-bond donors (Lipinski definition) is 1. The number of amides is 1. The van der Waals surface area contributed by atoms with Gasteiger partial charge in [0.25, 0.3) is 0 Å². The summed E-state index contributed by atoms with van der Waals surface area (Å²) < 4.78 is 10.2. The lowest BCUT2D eigenvalue weighted by atomic mass is 10.2. The van der Waals surface area contributed by atoms with Crippen LogP contribution in [0.5, 0.6) is 5.75 Å². The van der Waals surface area contributed by atoms with Gasteiger partial charge in [-0.25, -0.2) is 9.59 Å². The quantitative estimate of drug-likeness (QED) is 0.851. The van der Waals surface area contributed by atoms with Crippen LogP contribution in [0.2, 0.25) is 0 Å². The average Bonchev–Trinajstić information content (AvgIpc) is 2.76. The van der Waals surface area contributed by atoms with Gasteiger partial charge in [0.05, 0.1) is 18.7 Å². The number of carbonyl (C=O) groups excluding carboxylic acids is 1. The summed E-state index contributed by atoms with van der Waals surface area (Å²) >= 11 is 0. The third-order valence-corrected chi connectivity index (χ3v) is 2.56. The summed E-state index contributed by atoms with van der Waals surface area (Å²) in [4.78, 5) is 23.4. The summed E-state index contributed by atoms with van der Waals surface area (Å²) in [6.07, 6.45) is -0.335. The summed E-state index contributed by atoms with van der Waals surface area (Å²) in [5, 5.41) is 8.82. The van der Waals surface area contributed by atoms with Gasteiger partial charge in [0.2, 0.25) is 0 Å². The van der Waals surface area contributed by atoms with Gasteiger partial charge < -0.3 is 19.5 Å². The molecule has 1 aromatic carbocycles. The molecule has 0 atom stereocenters. The molecule has 0 aliphatic carbocycles. The predicted molar refractivity (Wildman–Crippen MR) is 61.8 cm³/mol. The molecule has 96 valence electrons. The lowest BCUT2D eigenvalue weighted by molar-refractivity contribution is 0.0696. The van der Waals surface area contributed by atoms with Crippen LogP contribution in [0, 0.1) is 0 Å². The van der Waals surface area contributed by atoms with E-state index in [4.69, 9.17) is 14.6 Å². The molecule has 0 bridgehead atoms. The summed E-state index contributed by atoms with van der Waals surface area (Å²) in [6, 6.07) is 6.23. The van der Waals surface area contributed by atoms with Gasteiger partial charge in [-0.3, -0.25) is 0 Å². The Hall–Kier alpha value is -2.24. The first kappa shape index (κ1) is 12.2. The maximum atomic E-state index is 11.1. The second-order valence-corrected chi connectivity index (χ2v) is 3.78. The van der Waals surface area contributed by atoms with Crippen molar-refractivity contribution in [3.8, 4) is 5.75 Å². The van der Waals surface area contributed by atoms with Gasteiger partial charge >= 0.3 is 12.1 Å². The Morgan fingerprint density at radius 2 is 2.33 bits per heavy atom. The molecule has 0 spiro atoms. The van der Waals surface area contributed by atoms with Crippen molar-refractivity contribution in [3.63, 3.8) is 0 Å². The number of carbonyl (C=O) groups is 2. The van der Waals surface area contributed by atoms with E-state index in [0.717, 1.165) is 0 Å². The Labute approximate surface area is 104 Å². The topological polar surface area (TPSA) is 76.1 Å². The van der Waals surface area contributed by atoms with E-state index in [1.165, 1.54) is 12.1 Å². The third kappa shape index (κ3) is 2.91. The molecule has 18 heavy (non-hydrogen) atoms. The van der Waals surface area contributed by atoms with Crippen LogP contribution in [0.3, 0.4) is 0 Å². The largest absolute Gasteiger partial charge is 0.492 e. The molecular formula is C12H13NO5. The highest BCUT2D eigenvalue weighted by Crippen LogP contribution is 2.13. The smallest absolute Gasteiger partial charge is 0.410 e. The lowest BCUT2D eigenvalue weighted by Crippen LogP contribution is -2.29. The molecule has 2 rings (SSSR count). The van der Waals surface area contributed by atoms with Crippen LogP contribution in [-0.4, -0.2) is 48.4 Å². The first-order valence-electron chi connectivity index (χ1n) is 5.54. The Balaban J connectivity index is 1.84. The van der Waals surface area contributed by atoms with Crippen molar-refractivity contribution in [2.75, 3.05) is 26.3 Å². The summed E-state index contributed by atoms with van der Waals surface area (Å²) in [7, 11) is 0. The van der Waals surface area contributed by atoms with Gasteiger partial charge in [-0.15, -0.1) is 0 Å². The first-order chi connectivity index (χ1) is 8.66. The second-order valence-electron chi connectivity index (χ2n) is 3.78. The minimum absolute atomic E-state index is 0.174. The molecule has 0 radical (unpaired) electrons. The van der Waals surface area contributed by atoms with Gasteiger partial charge in [0, 0.05) is 0 Å². The average molecular weight is 251 g/mol. The van der Waals surface area contributed by atoms with Crippen molar-refractivity contribution >= 4 is 12.1 Å². The molecule has 1 aliphatic heterocycles. The van der Waals surface area contributed by atoms with Crippen molar-refractivity contribution in [1.82, 2.24) is 4.90 Å². The molecule has 0 aromatic heterocycles. The molecule has 1 aromatic rings. The van der Waals surface area contributed by atoms with Crippen LogP contribution >= 0.6 is 0 Å². The highest BCUT2D eigenvalue weighted by Gasteiger charge is 2.21. The van der Waals surface area contributed by atoms with E-state index in [9.17, 15) is 9.59 Å². The van der Waals surface area contributed by atoms with Crippen molar-refractivity contribution < 1.29 is 24.2 Å². The van der Waals surface area contributed by atoms with Gasteiger partial charge in [-0.05, 0) is 18.2 Å². The molecule has 1 N–H and O–H groups in total. The van der Waals surface area contributed by atoms with E-state index in [0.29, 0.717) is 32.1 Å². The van der Waals surface area contributed by atoms with E-state index >= 15 is 0 Å². The maximum Gasteiger partial charge on any atom is 0.410 e. The highest BCUT2D eigenvalue weighted by atomic mass is 16.6. The molecule has 1 aliphatic rings. The van der Waals surface area contributed by atoms with E-state index in [-0.39, 0.29) is 11.7 Å². The van der Waals surface area contributed by atoms with Crippen molar-refractivity contribution in [1.29, 1.82) is 0 Å². The zero-order chi connectivity index (χ0) is 13.0. The highest BCUT2D eigenvalue weighted by molar-refractivity contribution is 5.87. The zero-order valence-corrected chi connectivity index (χ0v) is 9.67. The fraction of sp³-hybridized carbons (Fsp3) is 0.333. The van der Waals surface area contributed by atoms with Crippen LogP contribution in [0.25, 0.3) is 0 Å². The SMILES string of the molecule is O=C(O)c1cccc(OCCN2CCOC2=O)c1. The summed E-state index contributed by atoms with van der Waals surface area (Å²) in [5.41, 5.74) is 0.174. The number of rotatable bonds is 5. The molecular weight excluding hydrogens is 238 g/mol. The maximum absolute atomic E-state index is 11.1. The van der Waals surface area contributed by atoms with E-state index in [1.807, 2.05) is 0 Å². The van der Waals surface area contributed by atoms with Gasteiger partial charge in [0.1, 0.15) is 19.0 Å². The van der Waals surface area contributed by atoms with E-state index in [2.05, 4.69) is 0 Å². The number of aromatic carboxylic acids is 1. The van der Waals surface area contributed by atoms with Gasteiger partial charge in [0.15, 0.2) is 0 Å². The van der Waals surface area contributed by atoms with Crippen LogP contribution in [0.15, 0.2) is 24.3 Å². The van der Waals surface area contributed by atoms with Crippen LogP contribution in [0.1, 0.15) is 10.4 Å². The number of carboxylic acids is 1. The molecule has 1 heterocycles. The molecule has 0 saturated carbocycles. The molecule has 6 heteroatoms. The second kappa shape index (κ2) is 5.39. The molecule has 6 nitrogen and oxygen atoms in total. The third-order valence-electron chi connectivity index (χ3n) is 2.56.